The van der Waals surface area contributed by atoms with E-state index in [0.717, 1.165) is 48.9 Å². The summed E-state index contributed by atoms with van der Waals surface area (Å²) in [5.74, 6) is 3.84. The first-order valence-electron chi connectivity index (χ1n) is 7.14. The summed E-state index contributed by atoms with van der Waals surface area (Å²) >= 11 is 1.97. The van der Waals surface area contributed by atoms with E-state index in [2.05, 4.69) is 22.9 Å². The van der Waals surface area contributed by atoms with Gasteiger partial charge in [0.15, 0.2) is 5.96 Å². The van der Waals surface area contributed by atoms with Crippen LogP contribution in [0.25, 0.3) is 0 Å². The number of thioether (sulfide) groups is 1. The molecule has 5 heteroatoms. The van der Waals surface area contributed by atoms with Crippen LogP contribution >= 0.6 is 11.8 Å². The Morgan fingerprint density at radius 3 is 2.95 bits per heavy atom. The molecule has 4 nitrogen and oxygen atoms in total. The monoisotopic (exact) mass is 293 g/mol. The van der Waals surface area contributed by atoms with Crippen LogP contribution in [-0.2, 0) is 6.54 Å². The predicted molar refractivity (Wildman–Crippen MR) is 86.5 cm³/mol. The van der Waals surface area contributed by atoms with Crippen LogP contribution < -0.4 is 10.5 Å². The van der Waals surface area contributed by atoms with E-state index in [1.165, 1.54) is 0 Å². The van der Waals surface area contributed by atoms with Gasteiger partial charge < -0.3 is 15.4 Å². The lowest BCUT2D eigenvalue weighted by Gasteiger charge is -2.27. The fourth-order valence-electron chi connectivity index (χ4n) is 2.02. The first kappa shape index (κ1) is 15.0. The van der Waals surface area contributed by atoms with Gasteiger partial charge in [-0.25, -0.2) is 4.99 Å². The molecule has 0 radical (unpaired) electrons. The fraction of sp³-hybridized carbons (Fsp3) is 0.533. The van der Waals surface area contributed by atoms with Gasteiger partial charge in [-0.15, -0.1) is 0 Å². The van der Waals surface area contributed by atoms with Crippen LogP contribution in [0.2, 0.25) is 0 Å². The zero-order valence-corrected chi connectivity index (χ0v) is 12.9. The number of nitrogens with zero attached hydrogens (tertiary/aromatic N) is 2. The maximum Gasteiger partial charge on any atom is 0.191 e. The third-order valence-electron chi connectivity index (χ3n) is 3.13. The molecule has 1 aromatic rings. The second-order valence-electron chi connectivity index (χ2n) is 4.77. The third-order valence-corrected chi connectivity index (χ3v) is 4.07. The van der Waals surface area contributed by atoms with Gasteiger partial charge in [0.2, 0.25) is 0 Å². The van der Waals surface area contributed by atoms with Gasteiger partial charge in [0, 0.05) is 24.6 Å². The summed E-state index contributed by atoms with van der Waals surface area (Å²) in [7, 11) is 0. The van der Waals surface area contributed by atoms with Crippen molar-refractivity contribution >= 4 is 17.7 Å². The molecule has 0 atom stereocenters. The smallest absolute Gasteiger partial charge is 0.191 e. The molecule has 1 aliphatic rings. The Morgan fingerprint density at radius 2 is 2.20 bits per heavy atom. The van der Waals surface area contributed by atoms with Crippen LogP contribution in [0, 0.1) is 0 Å². The van der Waals surface area contributed by atoms with Gasteiger partial charge in [0.25, 0.3) is 0 Å². The van der Waals surface area contributed by atoms with E-state index < -0.39 is 0 Å². The Morgan fingerprint density at radius 1 is 1.40 bits per heavy atom. The van der Waals surface area contributed by atoms with E-state index in [0.29, 0.717) is 12.5 Å². The quantitative estimate of drug-likeness (QED) is 0.669. The molecule has 0 unspecified atom stereocenters. The topological polar surface area (TPSA) is 50.9 Å². The Kier molecular flexibility index (Phi) is 6.05. The molecule has 0 aromatic heterocycles. The summed E-state index contributed by atoms with van der Waals surface area (Å²) in [5, 5.41) is 0. The number of benzene rings is 1. The SMILES string of the molecule is CCCOc1cccc(CN=C(N)N2CCSCC2)c1. The highest BCUT2D eigenvalue weighted by atomic mass is 32.2. The molecule has 0 spiro atoms. The summed E-state index contributed by atoms with van der Waals surface area (Å²) < 4.78 is 5.63. The molecule has 0 aliphatic carbocycles. The molecule has 1 aromatic carbocycles. The molecule has 0 bridgehead atoms. The molecular weight excluding hydrogens is 270 g/mol. The summed E-state index contributed by atoms with van der Waals surface area (Å²) in [6.07, 6.45) is 1.02. The minimum absolute atomic E-state index is 0.610. The molecule has 1 fully saturated rings. The molecule has 1 aliphatic heterocycles. The highest BCUT2D eigenvalue weighted by Gasteiger charge is 2.11. The maximum absolute atomic E-state index is 6.05. The van der Waals surface area contributed by atoms with Crippen molar-refractivity contribution in [2.24, 2.45) is 10.7 Å². The van der Waals surface area contributed by atoms with Gasteiger partial charge in [0.1, 0.15) is 5.75 Å². The average Bonchev–Trinajstić information content (AvgIpc) is 2.52. The number of ether oxygens (including phenoxy) is 1. The van der Waals surface area contributed by atoms with Crippen molar-refractivity contribution in [3.05, 3.63) is 29.8 Å². The summed E-state index contributed by atoms with van der Waals surface area (Å²) in [6.45, 7) is 5.46. The van der Waals surface area contributed by atoms with Crippen LogP contribution in [0.15, 0.2) is 29.3 Å². The molecule has 20 heavy (non-hydrogen) atoms. The highest BCUT2D eigenvalue weighted by molar-refractivity contribution is 7.99. The number of nitrogens with two attached hydrogens (primary N) is 1. The Labute approximate surface area is 125 Å². The Bertz CT molecular complexity index is 444. The molecule has 1 heterocycles. The van der Waals surface area contributed by atoms with E-state index in [9.17, 15) is 0 Å². The lowest BCUT2D eigenvalue weighted by Crippen LogP contribution is -2.42. The molecule has 1 saturated heterocycles. The Balaban J connectivity index is 1.91. The average molecular weight is 293 g/mol. The molecule has 2 N–H and O–H groups in total. The van der Waals surface area contributed by atoms with Crippen molar-refractivity contribution in [2.45, 2.75) is 19.9 Å². The van der Waals surface area contributed by atoms with Crippen molar-refractivity contribution < 1.29 is 4.74 Å². The fourth-order valence-corrected chi connectivity index (χ4v) is 2.92. The molecule has 0 saturated carbocycles. The van der Waals surface area contributed by atoms with Crippen molar-refractivity contribution in [3.8, 4) is 5.75 Å². The van der Waals surface area contributed by atoms with Crippen LogP contribution in [0.5, 0.6) is 5.75 Å². The van der Waals surface area contributed by atoms with Gasteiger partial charge in [-0.3, -0.25) is 0 Å². The second-order valence-corrected chi connectivity index (χ2v) is 5.99. The van der Waals surface area contributed by atoms with Crippen molar-refractivity contribution in [3.63, 3.8) is 0 Å². The summed E-state index contributed by atoms with van der Waals surface area (Å²) in [5.41, 5.74) is 7.18. The van der Waals surface area contributed by atoms with Crippen molar-refractivity contribution in [1.82, 2.24) is 4.90 Å². The highest BCUT2D eigenvalue weighted by Crippen LogP contribution is 2.15. The zero-order valence-electron chi connectivity index (χ0n) is 12.0. The number of rotatable bonds is 5. The minimum atomic E-state index is 0.610. The second kappa shape index (κ2) is 8.04. The molecule has 2 rings (SSSR count). The molecular formula is C15H23N3OS. The predicted octanol–water partition coefficient (Wildman–Crippen LogP) is 2.34. The van der Waals surface area contributed by atoms with E-state index in [1.807, 2.05) is 30.0 Å². The number of hydrogen-bond donors (Lipinski definition) is 1. The van der Waals surface area contributed by atoms with E-state index in [-0.39, 0.29) is 0 Å². The number of aliphatic imine (C=N–C) groups is 1. The maximum atomic E-state index is 6.05. The standard InChI is InChI=1S/C15H23N3OS/c1-2-8-19-14-5-3-4-13(11-14)12-17-15(16)18-6-9-20-10-7-18/h3-5,11H,2,6-10,12H2,1H3,(H2,16,17). The lowest BCUT2D eigenvalue weighted by atomic mass is 10.2. The summed E-state index contributed by atoms with van der Waals surface area (Å²) in [4.78, 5) is 6.66. The van der Waals surface area contributed by atoms with Crippen LogP contribution in [0.4, 0.5) is 0 Å². The Hall–Kier alpha value is -1.36. The van der Waals surface area contributed by atoms with Crippen LogP contribution in [0.1, 0.15) is 18.9 Å². The van der Waals surface area contributed by atoms with E-state index in [1.54, 1.807) is 0 Å². The van der Waals surface area contributed by atoms with Gasteiger partial charge in [-0.05, 0) is 24.1 Å². The first-order chi connectivity index (χ1) is 9.79. The minimum Gasteiger partial charge on any atom is -0.494 e. The van der Waals surface area contributed by atoms with Crippen LogP contribution in [-0.4, -0.2) is 42.1 Å². The number of guanidine groups is 1. The largest absolute Gasteiger partial charge is 0.494 e. The van der Waals surface area contributed by atoms with Crippen molar-refractivity contribution in [2.75, 3.05) is 31.2 Å². The first-order valence-corrected chi connectivity index (χ1v) is 8.29. The van der Waals surface area contributed by atoms with E-state index >= 15 is 0 Å². The number of hydrogen-bond acceptors (Lipinski definition) is 3. The van der Waals surface area contributed by atoms with Gasteiger partial charge in [-0.2, -0.15) is 11.8 Å². The zero-order chi connectivity index (χ0) is 14.2. The van der Waals surface area contributed by atoms with Gasteiger partial charge in [-0.1, -0.05) is 19.1 Å². The lowest BCUT2D eigenvalue weighted by molar-refractivity contribution is 0.317. The van der Waals surface area contributed by atoms with Crippen molar-refractivity contribution in [1.29, 1.82) is 0 Å². The molecule has 0 amide bonds. The molecule has 110 valence electrons. The van der Waals surface area contributed by atoms with E-state index in [4.69, 9.17) is 10.5 Å². The van der Waals surface area contributed by atoms with Gasteiger partial charge in [0.05, 0.1) is 13.2 Å². The third kappa shape index (κ3) is 4.63. The van der Waals surface area contributed by atoms with Gasteiger partial charge >= 0.3 is 0 Å². The normalized spacial score (nSPS) is 16.2. The summed E-state index contributed by atoms with van der Waals surface area (Å²) in [6, 6.07) is 8.08. The van der Waals surface area contributed by atoms with Crippen LogP contribution in [0.3, 0.4) is 0 Å².